The summed E-state index contributed by atoms with van der Waals surface area (Å²) in [5, 5.41) is 11.0. The van der Waals surface area contributed by atoms with Crippen molar-refractivity contribution in [3.8, 4) is 11.5 Å². The lowest BCUT2D eigenvalue weighted by Gasteiger charge is -2.34. The Kier molecular flexibility index (Phi) is 6.90. The average Bonchev–Trinajstić information content (AvgIpc) is 2.89. The average molecular weight is 505 g/mol. The number of nitrogens with one attached hydrogen (secondary N) is 1. The summed E-state index contributed by atoms with van der Waals surface area (Å²) >= 11 is 1.26. The van der Waals surface area contributed by atoms with Crippen LogP contribution in [0.5, 0.6) is 11.5 Å². The number of halogens is 1. The Bertz CT molecular complexity index is 1460. The van der Waals surface area contributed by atoms with Gasteiger partial charge in [0.1, 0.15) is 11.5 Å². The molecule has 0 saturated heterocycles. The number of hydrogen-bond acceptors (Lipinski definition) is 7. The fraction of sp³-hybridized carbons (Fsp3) is 0.222. The van der Waals surface area contributed by atoms with Gasteiger partial charge in [-0.1, -0.05) is 54.2 Å². The van der Waals surface area contributed by atoms with Crippen molar-refractivity contribution in [3.05, 3.63) is 94.3 Å². The van der Waals surface area contributed by atoms with E-state index in [1.165, 1.54) is 17.8 Å². The maximum Gasteiger partial charge on any atom is 0.276 e. The summed E-state index contributed by atoms with van der Waals surface area (Å²) in [7, 11) is 0. The molecule has 184 valence electrons. The third-order valence-electron chi connectivity index (χ3n) is 5.70. The molecule has 1 N–H and O–H groups in total. The molecule has 2 aliphatic heterocycles. The van der Waals surface area contributed by atoms with Crippen LogP contribution in [0.4, 0.5) is 4.39 Å². The summed E-state index contributed by atoms with van der Waals surface area (Å²) in [5.74, 6) is 0.990. The Morgan fingerprint density at radius 1 is 1.00 bits per heavy atom. The van der Waals surface area contributed by atoms with Gasteiger partial charge in [-0.05, 0) is 43.7 Å². The lowest BCUT2D eigenvalue weighted by Crippen LogP contribution is -2.50. The Labute approximate surface area is 212 Å². The molecule has 0 spiro atoms. The number of ether oxygens (including phenoxy) is 2. The van der Waals surface area contributed by atoms with E-state index in [4.69, 9.17) is 19.6 Å². The predicted octanol–water partition coefficient (Wildman–Crippen LogP) is 3.70. The minimum atomic E-state index is -0.597. The van der Waals surface area contributed by atoms with Crippen molar-refractivity contribution < 1.29 is 18.7 Å². The SMILES string of the molecule is CCOc1ccc(C2N=c3ccccc3=C3C(=O)NC(SCc4ccccc4F)=NN32)cc1OCC. The molecule has 2 heterocycles. The van der Waals surface area contributed by atoms with E-state index < -0.39 is 6.17 Å². The van der Waals surface area contributed by atoms with Gasteiger partial charge in [-0.3, -0.25) is 15.1 Å². The van der Waals surface area contributed by atoms with Gasteiger partial charge in [-0.25, -0.2) is 9.40 Å². The minimum absolute atomic E-state index is 0.288. The van der Waals surface area contributed by atoms with Gasteiger partial charge < -0.3 is 9.47 Å². The highest BCUT2D eigenvalue weighted by Gasteiger charge is 2.34. The van der Waals surface area contributed by atoms with Crippen molar-refractivity contribution in [2.75, 3.05) is 13.2 Å². The van der Waals surface area contributed by atoms with Gasteiger partial charge >= 0.3 is 0 Å². The Hall–Kier alpha value is -3.85. The van der Waals surface area contributed by atoms with Gasteiger partial charge in [0.05, 0.1) is 18.6 Å². The smallest absolute Gasteiger partial charge is 0.276 e. The lowest BCUT2D eigenvalue weighted by atomic mass is 10.1. The van der Waals surface area contributed by atoms with Crippen LogP contribution in [-0.2, 0) is 10.5 Å². The summed E-state index contributed by atoms with van der Waals surface area (Å²) in [6, 6.07) is 19.7. The number of hydrogen-bond donors (Lipinski definition) is 1. The van der Waals surface area contributed by atoms with Crippen LogP contribution in [0.25, 0.3) is 5.70 Å². The molecule has 7 nitrogen and oxygen atoms in total. The number of benzene rings is 3. The van der Waals surface area contributed by atoms with E-state index in [0.717, 1.165) is 5.56 Å². The molecule has 0 saturated carbocycles. The van der Waals surface area contributed by atoms with Crippen LogP contribution < -0.4 is 25.4 Å². The molecule has 9 heteroatoms. The van der Waals surface area contributed by atoms with Crippen LogP contribution in [0.1, 0.15) is 31.1 Å². The number of fused-ring (bicyclic) bond motifs is 2. The van der Waals surface area contributed by atoms with E-state index >= 15 is 0 Å². The number of para-hydroxylation sites is 1. The zero-order valence-electron chi connectivity index (χ0n) is 19.9. The van der Waals surface area contributed by atoms with E-state index in [1.54, 1.807) is 23.2 Å². The second-order valence-electron chi connectivity index (χ2n) is 8.02. The zero-order chi connectivity index (χ0) is 25.1. The van der Waals surface area contributed by atoms with Crippen LogP contribution in [0.15, 0.2) is 76.8 Å². The normalized spacial score (nSPS) is 16.4. The Morgan fingerprint density at radius 3 is 2.56 bits per heavy atom. The van der Waals surface area contributed by atoms with E-state index in [1.807, 2.05) is 56.3 Å². The predicted molar refractivity (Wildman–Crippen MR) is 137 cm³/mol. The first-order valence-corrected chi connectivity index (χ1v) is 12.7. The van der Waals surface area contributed by atoms with Gasteiger partial charge in [0.15, 0.2) is 22.8 Å². The molecule has 0 fully saturated rings. The van der Waals surface area contributed by atoms with Crippen molar-refractivity contribution in [2.45, 2.75) is 25.8 Å². The van der Waals surface area contributed by atoms with Crippen molar-refractivity contribution in [1.82, 2.24) is 10.3 Å². The molecule has 5 rings (SSSR count). The number of rotatable bonds is 7. The molecular formula is C27H25FN4O3S. The largest absolute Gasteiger partial charge is 0.490 e. The number of amidine groups is 1. The first kappa shape index (κ1) is 23.9. The lowest BCUT2D eigenvalue weighted by molar-refractivity contribution is -0.116. The fourth-order valence-corrected chi connectivity index (χ4v) is 4.94. The number of thioether (sulfide) groups is 1. The van der Waals surface area contributed by atoms with Gasteiger partial charge in [-0.15, -0.1) is 5.10 Å². The second-order valence-corrected chi connectivity index (χ2v) is 8.99. The van der Waals surface area contributed by atoms with Gasteiger partial charge in [-0.2, -0.15) is 0 Å². The van der Waals surface area contributed by atoms with Crippen molar-refractivity contribution in [1.29, 1.82) is 0 Å². The molecule has 1 unspecified atom stereocenters. The Morgan fingerprint density at radius 2 is 1.75 bits per heavy atom. The third-order valence-corrected chi connectivity index (χ3v) is 6.62. The van der Waals surface area contributed by atoms with Crippen LogP contribution in [0.2, 0.25) is 0 Å². The van der Waals surface area contributed by atoms with Crippen LogP contribution in [0, 0.1) is 5.82 Å². The molecule has 0 bridgehead atoms. The summed E-state index contributed by atoms with van der Waals surface area (Å²) in [6.07, 6.45) is -0.597. The maximum absolute atomic E-state index is 14.1. The molecule has 0 aromatic heterocycles. The van der Waals surface area contributed by atoms with Crippen LogP contribution in [-0.4, -0.2) is 29.3 Å². The molecule has 3 aromatic rings. The second kappa shape index (κ2) is 10.4. The molecule has 1 atom stereocenters. The van der Waals surface area contributed by atoms with E-state index in [2.05, 4.69) is 5.32 Å². The van der Waals surface area contributed by atoms with Crippen molar-refractivity contribution in [2.24, 2.45) is 10.1 Å². The molecular weight excluding hydrogens is 479 g/mol. The maximum atomic E-state index is 14.1. The van der Waals surface area contributed by atoms with Crippen LogP contribution >= 0.6 is 11.8 Å². The third kappa shape index (κ3) is 4.66. The Balaban J connectivity index is 1.56. The number of carbonyl (C=O) groups is 1. The monoisotopic (exact) mass is 504 g/mol. The van der Waals surface area contributed by atoms with E-state index in [0.29, 0.717) is 57.5 Å². The highest BCUT2D eigenvalue weighted by Crippen LogP contribution is 2.36. The summed E-state index contributed by atoms with van der Waals surface area (Å²) < 4.78 is 25.7. The van der Waals surface area contributed by atoms with Gasteiger partial charge in [0, 0.05) is 16.5 Å². The van der Waals surface area contributed by atoms with Crippen molar-refractivity contribution >= 4 is 28.5 Å². The van der Waals surface area contributed by atoms with E-state index in [9.17, 15) is 9.18 Å². The molecule has 1 amide bonds. The summed E-state index contributed by atoms with van der Waals surface area (Å²) in [5.41, 5.74) is 1.74. The quantitative estimate of drug-likeness (QED) is 0.531. The first-order chi connectivity index (χ1) is 17.6. The fourth-order valence-electron chi connectivity index (χ4n) is 4.10. The summed E-state index contributed by atoms with van der Waals surface area (Å²) in [4.78, 5) is 18.3. The minimum Gasteiger partial charge on any atom is -0.490 e. The van der Waals surface area contributed by atoms with Crippen molar-refractivity contribution in [3.63, 3.8) is 0 Å². The molecule has 2 aliphatic rings. The van der Waals surface area contributed by atoms with Crippen LogP contribution in [0.3, 0.4) is 0 Å². The highest BCUT2D eigenvalue weighted by molar-refractivity contribution is 8.13. The van der Waals surface area contributed by atoms with E-state index in [-0.39, 0.29) is 11.7 Å². The zero-order valence-corrected chi connectivity index (χ0v) is 20.7. The molecule has 0 aliphatic carbocycles. The number of nitrogens with zero attached hydrogens (tertiary/aromatic N) is 3. The number of hydrazone groups is 1. The number of amides is 1. The first-order valence-electron chi connectivity index (χ1n) is 11.7. The number of carbonyl (C=O) groups excluding carboxylic acids is 1. The standard InChI is InChI=1S/C27H25FN4O3S/c1-3-34-22-14-13-17(15-23(22)35-4-2)25-29-21-12-8-6-10-19(21)24-26(33)30-27(31-32(24)25)36-16-18-9-5-7-11-20(18)28/h5-15,25H,3-4,16H2,1-2H3,(H,30,31,33). The molecule has 36 heavy (non-hydrogen) atoms. The highest BCUT2D eigenvalue weighted by atomic mass is 32.2. The molecule has 3 aromatic carbocycles. The topological polar surface area (TPSA) is 75.5 Å². The molecule has 0 radical (unpaired) electrons. The van der Waals surface area contributed by atoms with Gasteiger partial charge in [0.25, 0.3) is 5.91 Å². The summed E-state index contributed by atoms with van der Waals surface area (Å²) in [6.45, 7) is 4.82. The van der Waals surface area contributed by atoms with Gasteiger partial charge in [0.2, 0.25) is 0 Å².